The van der Waals surface area contributed by atoms with Crippen LogP contribution in [0.4, 0.5) is 0 Å². The van der Waals surface area contributed by atoms with Crippen LogP contribution in [0, 0.1) is 24.7 Å². The lowest BCUT2D eigenvalue weighted by atomic mass is 9.49. The Bertz CT molecular complexity index is 1660. The van der Waals surface area contributed by atoms with Crippen molar-refractivity contribution in [2.45, 2.75) is 171 Å². The number of hydrogen-bond acceptors (Lipinski definition) is 5. The van der Waals surface area contributed by atoms with Gasteiger partial charge in [0.2, 0.25) is 5.60 Å². The molecule has 50 heavy (non-hydrogen) atoms. The third-order valence-corrected chi connectivity index (χ3v) is 14.1. The van der Waals surface area contributed by atoms with E-state index in [9.17, 15) is 9.90 Å². The number of phenols is 1. The highest BCUT2D eigenvalue weighted by molar-refractivity contribution is 6.34. The number of carbonyl (C=O) groups is 1. The fourth-order valence-corrected chi connectivity index (χ4v) is 12.0. The minimum absolute atomic E-state index is 0.0204. The van der Waals surface area contributed by atoms with Gasteiger partial charge in [-0.05, 0) is 119 Å². The predicted octanol–water partition coefficient (Wildman–Crippen LogP) is 9.85. The Morgan fingerprint density at radius 1 is 0.960 bits per heavy atom. The fourth-order valence-electron chi connectivity index (χ4n) is 11.6. The molecule has 5 saturated carbocycles. The van der Waals surface area contributed by atoms with Crippen LogP contribution in [-0.2, 0) is 10.2 Å². The normalized spacial score (nSPS) is 32.9. The molecule has 9 rings (SSSR count). The number of H-pyrrole nitrogens is 1. The number of aromatic hydroxyl groups is 1. The van der Waals surface area contributed by atoms with Crippen LogP contribution in [0.15, 0.2) is 18.2 Å². The summed E-state index contributed by atoms with van der Waals surface area (Å²) >= 11 is 7.20. The molecule has 5 aliphatic carbocycles. The topological polar surface area (TPSA) is 105 Å². The third kappa shape index (κ3) is 6.03. The Kier molecular flexibility index (Phi) is 9.39. The SMILES string of the molecule is CCCCCCCCCCCCC1(Oc2ccc(O)c(C)c2)C(=O)NC12CCCC(c1nc3c(Cl)c(C45CC6CC(CC(C6)C4)C5)[nH]n3n1)C2. The van der Waals surface area contributed by atoms with E-state index in [1.807, 2.05) is 17.6 Å². The maximum absolute atomic E-state index is 13.8. The summed E-state index contributed by atoms with van der Waals surface area (Å²) in [6.45, 7) is 4.14. The summed E-state index contributed by atoms with van der Waals surface area (Å²) in [5, 5.41) is 23.1. The second-order valence-electron chi connectivity index (χ2n) is 17.3. The molecule has 3 unspecified atom stereocenters. The van der Waals surface area contributed by atoms with E-state index in [0.717, 1.165) is 78.3 Å². The van der Waals surface area contributed by atoms with Gasteiger partial charge in [0.15, 0.2) is 11.5 Å². The smallest absolute Gasteiger partial charge is 0.267 e. The summed E-state index contributed by atoms with van der Waals surface area (Å²) in [6.07, 6.45) is 24.6. The molecular formula is C41H58ClN5O3. The largest absolute Gasteiger partial charge is 0.508 e. The number of amides is 1. The van der Waals surface area contributed by atoms with Gasteiger partial charge in [-0.1, -0.05) is 82.7 Å². The Labute approximate surface area is 302 Å². The third-order valence-electron chi connectivity index (χ3n) is 13.8. The molecule has 3 atom stereocenters. The van der Waals surface area contributed by atoms with Crippen LogP contribution in [-0.4, -0.2) is 42.0 Å². The summed E-state index contributed by atoms with van der Waals surface area (Å²) < 4.78 is 8.69. The average molecular weight is 704 g/mol. The number of nitrogens with one attached hydrogen (secondary N) is 2. The number of phenolic OH excluding ortho intramolecular Hbond substituents is 1. The van der Waals surface area contributed by atoms with Gasteiger partial charge in [-0.3, -0.25) is 9.89 Å². The van der Waals surface area contributed by atoms with Crippen molar-refractivity contribution in [1.29, 1.82) is 0 Å². The molecule has 3 aromatic rings. The van der Waals surface area contributed by atoms with Gasteiger partial charge in [-0.2, -0.15) is 4.63 Å². The second-order valence-corrected chi connectivity index (χ2v) is 17.7. The number of aromatic amines is 1. The Morgan fingerprint density at radius 3 is 2.24 bits per heavy atom. The Balaban J connectivity index is 0.993. The lowest BCUT2D eigenvalue weighted by molar-refractivity contribution is -0.177. The highest BCUT2D eigenvalue weighted by Gasteiger charge is 2.68. The van der Waals surface area contributed by atoms with Gasteiger partial charge in [0.25, 0.3) is 5.91 Å². The van der Waals surface area contributed by atoms with Crippen LogP contribution in [0.5, 0.6) is 11.5 Å². The summed E-state index contributed by atoms with van der Waals surface area (Å²) in [5.41, 5.74) is 1.35. The number of ether oxygens (including phenoxy) is 1. The average Bonchev–Trinajstić information content (AvgIpc) is 3.66. The zero-order valence-corrected chi connectivity index (χ0v) is 31.1. The minimum atomic E-state index is -0.959. The van der Waals surface area contributed by atoms with Crippen molar-refractivity contribution in [3.05, 3.63) is 40.3 Å². The standard InChI is InChI=1S/C41H58ClN5O3/c1-3-4-5-6-7-8-9-10-11-12-18-41(50-32-15-16-33(48)27(2)19-32)38(49)44-40(41)17-13-14-31(26-40)36-43-37-34(42)35(45-47(37)46-36)39-23-28-20-29(24-39)22-30(21-28)25-39/h15-16,19,28-31,45,48H,3-14,17-18,20-26H2,1-2H3,(H,44,49). The van der Waals surface area contributed by atoms with Crippen molar-refractivity contribution in [2.75, 3.05) is 0 Å². The number of nitrogens with zero attached hydrogens (tertiary/aromatic N) is 3. The first-order chi connectivity index (χ1) is 24.2. The number of benzene rings is 1. The van der Waals surface area contributed by atoms with Crippen molar-refractivity contribution >= 4 is 23.2 Å². The first-order valence-electron chi connectivity index (χ1n) is 20.2. The number of aryl methyl sites for hydroxylation is 1. The summed E-state index contributed by atoms with van der Waals surface area (Å²) in [7, 11) is 0. The predicted molar refractivity (Wildman–Crippen MR) is 197 cm³/mol. The number of β-lactam (4-membered cyclic amide) rings is 1. The molecule has 1 saturated heterocycles. The van der Waals surface area contributed by atoms with Crippen LogP contribution in [0.3, 0.4) is 0 Å². The number of rotatable bonds is 15. The summed E-state index contributed by atoms with van der Waals surface area (Å²) in [5.74, 6) is 4.26. The van der Waals surface area contributed by atoms with Gasteiger partial charge in [0.05, 0.1) is 11.2 Å². The van der Waals surface area contributed by atoms with E-state index in [-0.39, 0.29) is 23.0 Å². The summed E-state index contributed by atoms with van der Waals surface area (Å²) in [4.78, 5) is 18.9. The maximum atomic E-state index is 13.8. The zero-order chi connectivity index (χ0) is 34.5. The highest BCUT2D eigenvalue weighted by atomic mass is 35.5. The molecule has 8 nitrogen and oxygen atoms in total. The van der Waals surface area contributed by atoms with Crippen molar-refractivity contribution in [1.82, 2.24) is 25.1 Å². The highest BCUT2D eigenvalue weighted by Crippen LogP contribution is 2.61. The van der Waals surface area contributed by atoms with Gasteiger partial charge in [0, 0.05) is 11.3 Å². The molecule has 9 heteroatoms. The van der Waals surface area contributed by atoms with Gasteiger partial charge >= 0.3 is 0 Å². The molecule has 4 bridgehead atoms. The number of carbonyl (C=O) groups excluding carboxylic acids is 1. The van der Waals surface area contributed by atoms with Gasteiger partial charge in [-0.15, -0.1) is 5.10 Å². The molecule has 3 N–H and O–H groups in total. The Morgan fingerprint density at radius 2 is 1.62 bits per heavy atom. The van der Waals surface area contributed by atoms with Crippen molar-refractivity contribution in [3.8, 4) is 11.5 Å². The van der Waals surface area contributed by atoms with E-state index in [0.29, 0.717) is 12.2 Å². The molecule has 1 aromatic carbocycles. The molecule has 2 aromatic heterocycles. The summed E-state index contributed by atoms with van der Waals surface area (Å²) in [6, 6.07) is 5.33. The van der Waals surface area contributed by atoms with E-state index in [1.54, 1.807) is 12.1 Å². The molecule has 1 amide bonds. The van der Waals surface area contributed by atoms with Crippen LogP contribution >= 0.6 is 11.6 Å². The molecule has 1 aliphatic heterocycles. The van der Waals surface area contributed by atoms with Crippen LogP contribution in [0.25, 0.3) is 5.65 Å². The van der Waals surface area contributed by atoms with E-state index in [2.05, 4.69) is 17.3 Å². The first kappa shape index (κ1) is 34.4. The number of hydrogen-bond donors (Lipinski definition) is 3. The molecule has 0 radical (unpaired) electrons. The molecule has 3 heterocycles. The molecule has 1 spiro atoms. The maximum Gasteiger partial charge on any atom is 0.267 e. The second kappa shape index (κ2) is 13.7. The van der Waals surface area contributed by atoms with E-state index < -0.39 is 11.1 Å². The number of halogens is 1. The zero-order valence-electron chi connectivity index (χ0n) is 30.4. The van der Waals surface area contributed by atoms with Crippen LogP contribution < -0.4 is 10.1 Å². The number of aromatic nitrogens is 4. The van der Waals surface area contributed by atoms with E-state index in [1.165, 1.54) is 95.6 Å². The minimum Gasteiger partial charge on any atom is -0.508 e. The molecule has 6 fully saturated rings. The molecule has 272 valence electrons. The monoisotopic (exact) mass is 703 g/mol. The quantitative estimate of drug-likeness (QED) is 0.108. The number of unbranched alkanes of at least 4 members (excludes halogenated alkanes) is 9. The first-order valence-corrected chi connectivity index (χ1v) is 20.6. The lowest BCUT2D eigenvalue weighted by Crippen LogP contribution is -2.84. The van der Waals surface area contributed by atoms with Gasteiger partial charge in [0.1, 0.15) is 16.5 Å². The molecule has 6 aliphatic rings. The van der Waals surface area contributed by atoms with E-state index in [4.69, 9.17) is 26.4 Å². The van der Waals surface area contributed by atoms with E-state index >= 15 is 0 Å². The van der Waals surface area contributed by atoms with Crippen LogP contribution in [0.2, 0.25) is 5.02 Å². The van der Waals surface area contributed by atoms with Gasteiger partial charge < -0.3 is 15.2 Å². The molecular weight excluding hydrogens is 646 g/mol. The van der Waals surface area contributed by atoms with Crippen molar-refractivity contribution < 1.29 is 14.6 Å². The van der Waals surface area contributed by atoms with Crippen molar-refractivity contribution in [2.24, 2.45) is 17.8 Å². The van der Waals surface area contributed by atoms with Crippen LogP contribution in [0.1, 0.15) is 165 Å². The number of fused-ring (bicyclic) bond motifs is 1. The fraction of sp³-hybridized carbons (Fsp3) is 0.732. The van der Waals surface area contributed by atoms with Crippen molar-refractivity contribution in [3.63, 3.8) is 0 Å². The Hall–Kier alpha value is -2.74. The lowest BCUT2D eigenvalue weighted by Gasteiger charge is -2.60. The van der Waals surface area contributed by atoms with Gasteiger partial charge in [-0.25, -0.2) is 4.98 Å².